The summed E-state index contributed by atoms with van der Waals surface area (Å²) in [6, 6.07) is 3.15. The Morgan fingerprint density at radius 1 is 1.12 bits per heavy atom. The van der Waals surface area contributed by atoms with E-state index in [2.05, 4.69) is 4.90 Å². The molecule has 0 radical (unpaired) electrons. The smallest absolute Gasteiger partial charge is 0.255 e. The van der Waals surface area contributed by atoms with Crippen LogP contribution in [0.15, 0.2) is 23.1 Å². The molecular weight excluding hydrogens is 318 g/mol. The molecule has 6 nitrogen and oxygen atoms in total. The fraction of sp³-hybridized carbons (Fsp3) is 0.632. The van der Waals surface area contributed by atoms with E-state index >= 15 is 0 Å². The summed E-state index contributed by atoms with van der Waals surface area (Å²) in [5, 5.41) is 0. The summed E-state index contributed by atoms with van der Waals surface area (Å²) in [6.07, 6.45) is 7.18. The van der Waals surface area contributed by atoms with E-state index in [0.29, 0.717) is 24.6 Å². The Hall–Kier alpha value is -2.11. The summed E-state index contributed by atoms with van der Waals surface area (Å²) >= 11 is 0. The molecule has 4 aliphatic rings. The molecule has 2 amide bonds. The van der Waals surface area contributed by atoms with Crippen LogP contribution in [0.25, 0.3) is 0 Å². The minimum atomic E-state index is -0.130. The van der Waals surface area contributed by atoms with Gasteiger partial charge in [-0.2, -0.15) is 0 Å². The number of carbonyl (C=O) groups excluding carboxylic acids is 2. The monoisotopic (exact) mass is 343 g/mol. The van der Waals surface area contributed by atoms with Crippen molar-refractivity contribution in [3.8, 4) is 0 Å². The lowest BCUT2D eigenvalue weighted by atomic mass is 9.83. The van der Waals surface area contributed by atoms with Crippen molar-refractivity contribution in [1.29, 1.82) is 0 Å². The number of pyridine rings is 1. The summed E-state index contributed by atoms with van der Waals surface area (Å²) in [7, 11) is 1.65. The second kappa shape index (κ2) is 6.32. The molecule has 5 rings (SSSR count). The van der Waals surface area contributed by atoms with Crippen LogP contribution < -0.4 is 5.56 Å². The zero-order valence-electron chi connectivity index (χ0n) is 14.7. The fourth-order valence-electron chi connectivity index (χ4n) is 4.30. The van der Waals surface area contributed by atoms with E-state index in [1.165, 1.54) is 29.9 Å². The number of rotatable bonds is 3. The zero-order valence-corrected chi connectivity index (χ0v) is 14.7. The predicted molar refractivity (Wildman–Crippen MR) is 93.2 cm³/mol. The Labute approximate surface area is 147 Å². The van der Waals surface area contributed by atoms with Crippen molar-refractivity contribution >= 4 is 11.8 Å². The average molecular weight is 343 g/mol. The van der Waals surface area contributed by atoms with Crippen LogP contribution in [-0.4, -0.2) is 51.9 Å². The molecule has 25 heavy (non-hydrogen) atoms. The average Bonchev–Trinajstić information content (AvgIpc) is 2.84. The molecule has 6 heteroatoms. The number of aromatic nitrogens is 1. The molecule has 2 bridgehead atoms. The first-order chi connectivity index (χ1) is 12.0. The van der Waals surface area contributed by atoms with Crippen molar-refractivity contribution in [1.82, 2.24) is 14.4 Å². The Balaban J connectivity index is 1.54. The Bertz CT molecular complexity index is 753. The molecule has 3 saturated heterocycles. The van der Waals surface area contributed by atoms with Crippen molar-refractivity contribution in [3.05, 3.63) is 34.2 Å². The minimum absolute atomic E-state index is 0.0738. The topological polar surface area (TPSA) is 62.6 Å². The number of nitrogens with zero attached hydrogens (tertiary/aromatic N) is 3. The van der Waals surface area contributed by atoms with Gasteiger partial charge in [0, 0.05) is 45.0 Å². The molecule has 1 aromatic rings. The quantitative estimate of drug-likeness (QED) is 0.830. The van der Waals surface area contributed by atoms with Crippen molar-refractivity contribution in [2.75, 3.05) is 19.6 Å². The van der Waals surface area contributed by atoms with E-state index in [4.69, 9.17) is 0 Å². The number of hydrogen-bond acceptors (Lipinski definition) is 3. The van der Waals surface area contributed by atoms with Gasteiger partial charge in [-0.1, -0.05) is 6.42 Å². The molecule has 4 fully saturated rings. The molecule has 1 aliphatic carbocycles. The number of amides is 2. The highest BCUT2D eigenvalue weighted by Gasteiger charge is 2.43. The van der Waals surface area contributed by atoms with Gasteiger partial charge in [0.1, 0.15) is 0 Å². The first-order valence-electron chi connectivity index (χ1n) is 9.29. The maximum absolute atomic E-state index is 12.9. The molecule has 1 aromatic heterocycles. The van der Waals surface area contributed by atoms with Gasteiger partial charge in [0.05, 0.1) is 11.5 Å². The molecule has 4 heterocycles. The minimum Gasteiger partial charge on any atom is -0.337 e. The highest BCUT2D eigenvalue weighted by Crippen LogP contribution is 2.34. The van der Waals surface area contributed by atoms with Gasteiger partial charge in [-0.05, 0) is 37.7 Å². The van der Waals surface area contributed by atoms with E-state index in [0.717, 1.165) is 19.4 Å². The van der Waals surface area contributed by atoms with Gasteiger partial charge in [-0.3, -0.25) is 14.4 Å². The SMILES string of the molecule is Cn1cc(C(=O)N2C[C@@H]3CC[C@H](C2)N(CC2CCC2)C3=O)ccc1=O. The van der Waals surface area contributed by atoms with E-state index in [-0.39, 0.29) is 29.3 Å². The Morgan fingerprint density at radius 3 is 2.60 bits per heavy atom. The fourth-order valence-corrected chi connectivity index (χ4v) is 4.30. The standard InChI is InChI=1S/C19H25N3O3/c1-20-10-14(6-8-17(20)23)18(24)21-11-15-5-7-16(12-21)22(19(15)25)9-13-3-2-4-13/h6,8,10,13,15-16H,2-5,7,9,11-12H2,1H3/t15-,16+/m0/s1. The molecule has 134 valence electrons. The zero-order chi connectivity index (χ0) is 17.6. The first kappa shape index (κ1) is 16.4. The summed E-state index contributed by atoms with van der Waals surface area (Å²) in [5.74, 6) is 0.733. The lowest BCUT2D eigenvalue weighted by molar-refractivity contribution is -0.141. The molecule has 0 spiro atoms. The van der Waals surface area contributed by atoms with Crippen molar-refractivity contribution < 1.29 is 9.59 Å². The first-order valence-corrected chi connectivity index (χ1v) is 9.29. The van der Waals surface area contributed by atoms with E-state index < -0.39 is 0 Å². The number of piperidine rings is 1. The summed E-state index contributed by atoms with van der Waals surface area (Å²) in [6.45, 7) is 1.97. The third kappa shape index (κ3) is 2.98. The molecule has 0 aromatic carbocycles. The van der Waals surface area contributed by atoms with E-state index in [1.807, 2.05) is 4.90 Å². The number of aryl methyl sites for hydroxylation is 1. The maximum atomic E-state index is 12.9. The van der Waals surface area contributed by atoms with Crippen LogP contribution in [-0.2, 0) is 11.8 Å². The normalized spacial score (nSPS) is 26.5. The van der Waals surface area contributed by atoms with Crippen LogP contribution in [0.1, 0.15) is 42.5 Å². The van der Waals surface area contributed by atoms with Gasteiger partial charge >= 0.3 is 0 Å². The van der Waals surface area contributed by atoms with Crippen LogP contribution in [0.5, 0.6) is 0 Å². The molecule has 0 N–H and O–H groups in total. The third-order valence-electron chi connectivity index (χ3n) is 6.09. The van der Waals surface area contributed by atoms with Gasteiger partial charge in [-0.25, -0.2) is 0 Å². The maximum Gasteiger partial charge on any atom is 0.255 e. The highest BCUT2D eigenvalue weighted by atomic mass is 16.2. The number of hydrogen-bond donors (Lipinski definition) is 0. The Kier molecular flexibility index (Phi) is 4.13. The van der Waals surface area contributed by atoms with Gasteiger partial charge < -0.3 is 14.4 Å². The van der Waals surface area contributed by atoms with Crippen LogP contribution >= 0.6 is 0 Å². The van der Waals surface area contributed by atoms with Crippen LogP contribution in [0.2, 0.25) is 0 Å². The molecule has 0 unspecified atom stereocenters. The van der Waals surface area contributed by atoms with Gasteiger partial charge in [-0.15, -0.1) is 0 Å². The summed E-state index contributed by atoms with van der Waals surface area (Å²) in [4.78, 5) is 41.2. The summed E-state index contributed by atoms with van der Waals surface area (Å²) < 4.78 is 1.42. The van der Waals surface area contributed by atoms with Crippen LogP contribution in [0.4, 0.5) is 0 Å². The predicted octanol–water partition coefficient (Wildman–Crippen LogP) is 1.25. The van der Waals surface area contributed by atoms with Crippen LogP contribution in [0, 0.1) is 11.8 Å². The Morgan fingerprint density at radius 2 is 1.92 bits per heavy atom. The van der Waals surface area contributed by atoms with Crippen molar-refractivity contribution in [2.45, 2.75) is 38.1 Å². The number of carbonyl (C=O) groups is 2. The van der Waals surface area contributed by atoms with E-state index in [9.17, 15) is 14.4 Å². The molecule has 3 aliphatic heterocycles. The van der Waals surface area contributed by atoms with E-state index in [1.54, 1.807) is 19.3 Å². The lowest BCUT2D eigenvalue weighted by Gasteiger charge is -2.40. The second-order valence-electron chi connectivity index (χ2n) is 7.79. The van der Waals surface area contributed by atoms with Gasteiger partial charge in [0.15, 0.2) is 0 Å². The summed E-state index contributed by atoms with van der Waals surface area (Å²) in [5.41, 5.74) is 0.385. The molecule has 2 atom stereocenters. The van der Waals surface area contributed by atoms with Gasteiger partial charge in [0.2, 0.25) is 11.5 Å². The van der Waals surface area contributed by atoms with Crippen LogP contribution in [0.3, 0.4) is 0 Å². The molecular formula is C19H25N3O3. The number of fused-ring (bicyclic) bond motifs is 4. The lowest BCUT2D eigenvalue weighted by Crippen LogP contribution is -2.50. The highest BCUT2D eigenvalue weighted by molar-refractivity contribution is 5.94. The largest absolute Gasteiger partial charge is 0.337 e. The third-order valence-corrected chi connectivity index (χ3v) is 6.09. The van der Waals surface area contributed by atoms with Crippen molar-refractivity contribution in [3.63, 3.8) is 0 Å². The molecule has 1 saturated carbocycles. The van der Waals surface area contributed by atoms with Crippen molar-refractivity contribution in [2.24, 2.45) is 18.9 Å². The second-order valence-corrected chi connectivity index (χ2v) is 7.79. The van der Waals surface area contributed by atoms with Gasteiger partial charge in [0.25, 0.3) is 5.91 Å².